The Morgan fingerprint density at radius 2 is 1.41 bits per heavy atom. The molecule has 0 aliphatic heterocycles. The molecule has 92 valence electrons. The molecule has 0 aromatic carbocycles. The van der Waals surface area contributed by atoms with Crippen LogP contribution in [0, 0.1) is 34.0 Å². The van der Waals surface area contributed by atoms with Crippen LogP contribution in [0.15, 0.2) is 0 Å². The van der Waals surface area contributed by atoms with Crippen LogP contribution >= 0.6 is 18.2 Å². The van der Waals surface area contributed by atoms with Crippen molar-refractivity contribution < 1.29 is 13.6 Å². The van der Waals surface area contributed by atoms with Crippen LogP contribution in [0.5, 0.6) is 0 Å². The molecule has 0 saturated carbocycles. The fourth-order valence-corrected chi connectivity index (χ4v) is 4.55. The summed E-state index contributed by atoms with van der Waals surface area (Å²) in [7, 11) is 0. The Hall–Kier alpha value is -1.03. The highest BCUT2D eigenvalue weighted by molar-refractivity contribution is 8.55. The monoisotopic (exact) mass is 273 g/mol. The molecule has 0 radical (unpaired) electrons. The highest BCUT2D eigenvalue weighted by Gasteiger charge is 2.33. The molecule has 0 saturated heterocycles. The summed E-state index contributed by atoms with van der Waals surface area (Å²) in [4.78, 5) is 0. The Balaban J connectivity index is 4.84. The van der Waals surface area contributed by atoms with Gasteiger partial charge in [0.15, 0.2) is 12.2 Å². The van der Waals surface area contributed by atoms with E-state index in [4.69, 9.17) is 24.8 Å². The van der Waals surface area contributed by atoms with Crippen molar-refractivity contribution in [3.63, 3.8) is 0 Å². The lowest BCUT2D eigenvalue weighted by Gasteiger charge is -2.20. The molecule has 0 heterocycles. The van der Waals surface area contributed by atoms with Gasteiger partial charge in [0.05, 0.1) is 18.2 Å². The van der Waals surface area contributed by atoms with Gasteiger partial charge in [0.1, 0.15) is 5.25 Å². The standard InChI is InChI=1S/C9H12N3O3PS/c1-7(4-10)14-16(13,15-8(2)5-11)17-9(3)6-12/h7-9H,1-3H3. The van der Waals surface area contributed by atoms with Crippen molar-refractivity contribution >= 4 is 18.2 Å². The first-order valence-electron chi connectivity index (χ1n) is 4.71. The third-order valence-electron chi connectivity index (χ3n) is 1.41. The molecule has 0 rings (SSSR count). The predicted octanol–water partition coefficient (Wildman–Crippen LogP) is 2.60. The summed E-state index contributed by atoms with van der Waals surface area (Å²) in [6.45, 7) is 0.653. The third kappa shape index (κ3) is 6.31. The van der Waals surface area contributed by atoms with Crippen molar-refractivity contribution in [2.24, 2.45) is 0 Å². The van der Waals surface area contributed by atoms with Crippen molar-refractivity contribution in [3.8, 4) is 18.2 Å². The van der Waals surface area contributed by atoms with Gasteiger partial charge in [-0.3, -0.25) is 9.05 Å². The van der Waals surface area contributed by atoms with Gasteiger partial charge in [-0.2, -0.15) is 15.8 Å². The number of nitrogens with zero attached hydrogens (tertiary/aromatic N) is 3. The van der Waals surface area contributed by atoms with E-state index in [1.165, 1.54) is 20.8 Å². The van der Waals surface area contributed by atoms with Gasteiger partial charge in [-0.15, -0.1) is 0 Å². The molecule has 0 aromatic heterocycles. The van der Waals surface area contributed by atoms with Crippen LogP contribution in [-0.4, -0.2) is 17.5 Å². The summed E-state index contributed by atoms with van der Waals surface area (Å²) in [5.41, 5.74) is 0. The van der Waals surface area contributed by atoms with E-state index in [-0.39, 0.29) is 0 Å². The smallest absolute Gasteiger partial charge is 0.282 e. The van der Waals surface area contributed by atoms with E-state index in [1.54, 1.807) is 12.1 Å². The molecule has 8 heteroatoms. The largest absolute Gasteiger partial charge is 0.392 e. The fourth-order valence-electron chi connectivity index (χ4n) is 0.726. The Morgan fingerprint density at radius 1 is 1.00 bits per heavy atom. The van der Waals surface area contributed by atoms with Crippen LogP contribution in [0.25, 0.3) is 0 Å². The molecule has 0 aliphatic rings. The second-order valence-corrected chi connectivity index (χ2v) is 7.29. The Kier molecular flexibility index (Phi) is 6.88. The lowest BCUT2D eigenvalue weighted by molar-refractivity contribution is 0.184. The van der Waals surface area contributed by atoms with E-state index in [2.05, 4.69) is 0 Å². The fraction of sp³-hybridized carbons (Fsp3) is 0.667. The molecule has 0 spiro atoms. The van der Waals surface area contributed by atoms with E-state index < -0.39 is 24.3 Å². The lowest BCUT2D eigenvalue weighted by Crippen LogP contribution is -2.09. The molecule has 6 nitrogen and oxygen atoms in total. The summed E-state index contributed by atoms with van der Waals surface area (Å²) in [6.07, 6.45) is -1.88. The number of hydrogen-bond acceptors (Lipinski definition) is 7. The first kappa shape index (κ1) is 16.0. The highest BCUT2D eigenvalue weighted by Crippen LogP contribution is 2.63. The minimum absolute atomic E-state index is 0.627. The first-order chi connectivity index (χ1) is 7.86. The second kappa shape index (κ2) is 7.33. The number of rotatable bonds is 6. The molecule has 0 aliphatic carbocycles. The summed E-state index contributed by atoms with van der Waals surface area (Å²) >= 11 is 0.682. The maximum Gasteiger partial charge on any atom is 0.392 e. The zero-order valence-corrected chi connectivity index (χ0v) is 11.4. The zero-order chi connectivity index (χ0) is 13.5. The Labute approximate surface area is 104 Å². The van der Waals surface area contributed by atoms with Gasteiger partial charge in [0, 0.05) is 0 Å². The Bertz CT molecular complexity index is 361. The van der Waals surface area contributed by atoms with Crippen molar-refractivity contribution in [2.45, 2.75) is 38.2 Å². The second-order valence-electron chi connectivity index (χ2n) is 3.08. The zero-order valence-electron chi connectivity index (χ0n) is 9.65. The van der Waals surface area contributed by atoms with Crippen LogP contribution in [0.3, 0.4) is 0 Å². The van der Waals surface area contributed by atoms with E-state index in [1.807, 2.05) is 6.07 Å². The topological polar surface area (TPSA) is 107 Å². The molecular weight excluding hydrogens is 261 g/mol. The van der Waals surface area contributed by atoms with Crippen molar-refractivity contribution in [3.05, 3.63) is 0 Å². The molecule has 0 aromatic rings. The van der Waals surface area contributed by atoms with E-state index in [0.29, 0.717) is 11.4 Å². The average molecular weight is 273 g/mol. The highest BCUT2D eigenvalue weighted by atomic mass is 32.7. The van der Waals surface area contributed by atoms with E-state index in [0.717, 1.165) is 0 Å². The van der Waals surface area contributed by atoms with Gasteiger partial charge in [-0.25, -0.2) is 4.57 Å². The molecule has 0 fully saturated rings. The van der Waals surface area contributed by atoms with Crippen LogP contribution in [0.2, 0.25) is 0 Å². The van der Waals surface area contributed by atoms with Gasteiger partial charge in [0.2, 0.25) is 0 Å². The molecule has 0 N–H and O–H groups in total. The van der Waals surface area contributed by atoms with Crippen molar-refractivity contribution in [2.75, 3.05) is 0 Å². The maximum atomic E-state index is 12.2. The van der Waals surface area contributed by atoms with Crippen molar-refractivity contribution in [1.82, 2.24) is 0 Å². The lowest BCUT2D eigenvalue weighted by atomic mass is 10.5. The summed E-state index contributed by atoms with van der Waals surface area (Å²) < 4.78 is 22.1. The van der Waals surface area contributed by atoms with Crippen LogP contribution in [-0.2, 0) is 13.6 Å². The molecule has 0 bridgehead atoms. The van der Waals surface area contributed by atoms with Crippen LogP contribution < -0.4 is 0 Å². The van der Waals surface area contributed by atoms with E-state index >= 15 is 0 Å². The van der Waals surface area contributed by atoms with Gasteiger partial charge in [0.25, 0.3) is 0 Å². The van der Waals surface area contributed by atoms with Crippen LogP contribution in [0.4, 0.5) is 0 Å². The molecule has 3 unspecified atom stereocenters. The van der Waals surface area contributed by atoms with Gasteiger partial charge < -0.3 is 0 Å². The van der Waals surface area contributed by atoms with Gasteiger partial charge in [-0.1, -0.05) is 0 Å². The van der Waals surface area contributed by atoms with Gasteiger partial charge >= 0.3 is 6.80 Å². The molecular formula is C9H12N3O3PS. The van der Waals surface area contributed by atoms with E-state index in [9.17, 15) is 4.57 Å². The normalized spacial score (nSPS) is 18.8. The average Bonchev–Trinajstić information content (AvgIpc) is 2.27. The molecule has 0 amide bonds. The minimum atomic E-state index is -3.69. The maximum absolute atomic E-state index is 12.2. The van der Waals surface area contributed by atoms with Crippen molar-refractivity contribution in [1.29, 1.82) is 15.8 Å². The summed E-state index contributed by atoms with van der Waals surface area (Å²) in [5, 5.41) is 25.2. The summed E-state index contributed by atoms with van der Waals surface area (Å²) in [5.74, 6) is 0. The Morgan fingerprint density at radius 3 is 1.71 bits per heavy atom. The minimum Gasteiger partial charge on any atom is -0.282 e. The molecule has 17 heavy (non-hydrogen) atoms. The number of nitriles is 3. The molecule has 3 atom stereocenters. The van der Waals surface area contributed by atoms with Crippen LogP contribution in [0.1, 0.15) is 20.8 Å². The predicted molar refractivity (Wildman–Crippen MR) is 62.6 cm³/mol. The SMILES string of the molecule is CC(C#N)OP(=O)(OC(C)C#N)SC(C)C#N. The first-order valence-corrected chi connectivity index (χ1v) is 7.73. The number of hydrogen-bond donors (Lipinski definition) is 0. The third-order valence-corrected chi connectivity index (χ3v) is 5.48. The quantitative estimate of drug-likeness (QED) is 0.684. The summed E-state index contributed by atoms with van der Waals surface area (Å²) in [6, 6.07) is 5.37. The van der Waals surface area contributed by atoms with Gasteiger partial charge in [-0.05, 0) is 32.2 Å².